The molecule has 2 N–H and O–H groups in total. The van der Waals surface area contributed by atoms with Crippen molar-refractivity contribution in [3.05, 3.63) is 59.7 Å². The average molecular weight is 325 g/mol. The van der Waals surface area contributed by atoms with Crippen LogP contribution in [0.15, 0.2) is 48.5 Å². The Hall–Kier alpha value is -2.86. The van der Waals surface area contributed by atoms with Gasteiger partial charge in [0.1, 0.15) is 0 Å². The van der Waals surface area contributed by atoms with E-state index in [9.17, 15) is 4.79 Å². The number of hydrogen-bond donors (Lipinski definition) is 2. The maximum atomic E-state index is 12.0. The van der Waals surface area contributed by atoms with Crippen molar-refractivity contribution in [3.8, 4) is 5.88 Å². The molecule has 2 aromatic carbocycles. The van der Waals surface area contributed by atoms with E-state index in [1.165, 1.54) is 0 Å². The summed E-state index contributed by atoms with van der Waals surface area (Å²) < 4.78 is 5.22. The number of carbonyl (C=O) groups is 1. The molecule has 1 atom stereocenters. The number of hydrogen-bond acceptors (Lipinski definition) is 5. The van der Waals surface area contributed by atoms with Gasteiger partial charge in [-0.3, -0.25) is 9.89 Å². The Bertz CT molecular complexity index is 830. The van der Waals surface area contributed by atoms with Crippen LogP contribution in [0, 0.1) is 0 Å². The van der Waals surface area contributed by atoms with Crippen molar-refractivity contribution < 1.29 is 14.4 Å². The van der Waals surface area contributed by atoms with E-state index >= 15 is 0 Å². The van der Waals surface area contributed by atoms with Crippen LogP contribution in [0.1, 0.15) is 23.5 Å². The highest BCUT2D eigenvalue weighted by atomic mass is 16.7. The molecule has 0 bridgehead atoms. The quantitative estimate of drug-likeness (QED) is 0.682. The zero-order valence-electron chi connectivity index (χ0n) is 13.6. The molecule has 1 aromatic heterocycles. The molecule has 1 heterocycles. The Balaban J connectivity index is 1.99. The van der Waals surface area contributed by atoms with Crippen LogP contribution in [0.3, 0.4) is 0 Å². The van der Waals surface area contributed by atoms with Crippen molar-refractivity contribution >= 4 is 16.9 Å². The molecule has 6 nitrogen and oxygen atoms in total. The first kappa shape index (κ1) is 16.0. The molecule has 0 radical (unpaired) electrons. The Kier molecular flexibility index (Phi) is 4.77. The summed E-state index contributed by atoms with van der Waals surface area (Å²) in [6.45, 7) is 0. The van der Waals surface area contributed by atoms with Crippen molar-refractivity contribution in [3.63, 3.8) is 0 Å². The molecule has 0 aliphatic carbocycles. The van der Waals surface area contributed by atoms with Gasteiger partial charge in [-0.1, -0.05) is 36.4 Å². The lowest BCUT2D eigenvalue weighted by Gasteiger charge is -2.17. The molecular formula is C18H19N3O3. The fourth-order valence-electron chi connectivity index (χ4n) is 2.82. The molecule has 6 heteroatoms. The summed E-state index contributed by atoms with van der Waals surface area (Å²) in [7, 11) is 3.16. The number of nitrogens with zero attached hydrogens (tertiary/aromatic N) is 1. The molecule has 0 spiro atoms. The summed E-state index contributed by atoms with van der Waals surface area (Å²) in [5.41, 5.74) is 5.36. The zero-order chi connectivity index (χ0) is 16.9. The van der Waals surface area contributed by atoms with Gasteiger partial charge in [-0.15, -0.1) is 5.10 Å². The Morgan fingerprint density at radius 1 is 1.21 bits per heavy atom. The molecule has 124 valence electrons. The average Bonchev–Trinajstić information content (AvgIpc) is 3.03. The van der Waals surface area contributed by atoms with Crippen molar-refractivity contribution in [1.29, 1.82) is 0 Å². The minimum absolute atomic E-state index is 0.106. The van der Waals surface area contributed by atoms with Gasteiger partial charge in [-0.05, 0) is 23.3 Å². The van der Waals surface area contributed by atoms with Crippen LogP contribution >= 0.6 is 0 Å². The van der Waals surface area contributed by atoms with Crippen LogP contribution in [0.2, 0.25) is 0 Å². The highest BCUT2D eigenvalue weighted by Crippen LogP contribution is 2.32. The van der Waals surface area contributed by atoms with Gasteiger partial charge in [0.25, 0.3) is 0 Å². The number of rotatable bonds is 6. The minimum Gasteiger partial charge on any atom is -0.480 e. The molecule has 0 saturated heterocycles. The molecule has 0 amide bonds. The number of H-pyrrole nitrogens is 1. The van der Waals surface area contributed by atoms with Gasteiger partial charge in [0.2, 0.25) is 5.88 Å². The Labute approximate surface area is 139 Å². The fraction of sp³-hybridized carbons (Fsp3) is 0.222. The second-order valence-corrected chi connectivity index (χ2v) is 5.38. The van der Waals surface area contributed by atoms with Crippen LogP contribution < -0.4 is 10.2 Å². The van der Waals surface area contributed by atoms with E-state index in [4.69, 9.17) is 9.57 Å². The van der Waals surface area contributed by atoms with E-state index in [-0.39, 0.29) is 18.3 Å². The van der Waals surface area contributed by atoms with Crippen LogP contribution in [-0.4, -0.2) is 30.3 Å². The predicted molar refractivity (Wildman–Crippen MR) is 90.7 cm³/mol. The van der Waals surface area contributed by atoms with Crippen LogP contribution in [0.5, 0.6) is 5.88 Å². The zero-order valence-corrected chi connectivity index (χ0v) is 13.6. The largest absolute Gasteiger partial charge is 0.480 e. The second kappa shape index (κ2) is 7.14. The van der Waals surface area contributed by atoms with E-state index in [0.29, 0.717) is 5.88 Å². The molecule has 0 aliphatic rings. The third kappa shape index (κ3) is 3.23. The smallest absolute Gasteiger partial charge is 0.325 e. The van der Waals surface area contributed by atoms with Gasteiger partial charge in [-0.2, -0.15) is 5.48 Å². The molecule has 0 saturated carbocycles. The van der Waals surface area contributed by atoms with Crippen molar-refractivity contribution in [2.24, 2.45) is 0 Å². The molecule has 3 rings (SSSR count). The fourth-order valence-corrected chi connectivity index (χ4v) is 2.82. The SMILES string of the molecule is CNOC(=O)C[C@@H](c1ccccc1)c1ccc2c(OC)n[nH]c2c1. The molecule has 0 aliphatic heterocycles. The number of hydroxylamine groups is 1. The number of methoxy groups -OCH3 is 1. The molecule has 3 aromatic rings. The number of aromatic amines is 1. The predicted octanol–water partition coefficient (Wildman–Crippen LogP) is 2.77. The summed E-state index contributed by atoms with van der Waals surface area (Å²) in [6, 6.07) is 15.8. The molecule has 24 heavy (non-hydrogen) atoms. The van der Waals surface area contributed by atoms with Crippen molar-refractivity contribution in [2.45, 2.75) is 12.3 Å². The number of ether oxygens (including phenoxy) is 1. The van der Waals surface area contributed by atoms with E-state index in [2.05, 4.69) is 15.7 Å². The number of fused-ring (bicyclic) bond motifs is 1. The summed E-state index contributed by atoms with van der Waals surface area (Å²) in [5.74, 6) is 0.141. The first-order chi connectivity index (χ1) is 11.7. The lowest BCUT2D eigenvalue weighted by molar-refractivity contribution is -0.150. The number of nitrogens with one attached hydrogen (secondary N) is 2. The number of carbonyl (C=O) groups excluding carboxylic acids is 1. The molecular weight excluding hydrogens is 306 g/mol. The molecule has 0 unspecified atom stereocenters. The maximum Gasteiger partial charge on any atom is 0.325 e. The van der Waals surface area contributed by atoms with E-state index in [0.717, 1.165) is 22.0 Å². The van der Waals surface area contributed by atoms with E-state index in [1.54, 1.807) is 14.2 Å². The van der Waals surface area contributed by atoms with Crippen LogP contribution in [0.25, 0.3) is 10.9 Å². The van der Waals surface area contributed by atoms with Gasteiger partial charge in [0.15, 0.2) is 0 Å². The Morgan fingerprint density at radius 2 is 2.00 bits per heavy atom. The first-order valence-corrected chi connectivity index (χ1v) is 7.66. The van der Waals surface area contributed by atoms with Crippen LogP contribution in [-0.2, 0) is 9.63 Å². The van der Waals surface area contributed by atoms with Gasteiger partial charge in [-0.25, -0.2) is 0 Å². The highest BCUT2D eigenvalue weighted by Gasteiger charge is 2.20. The van der Waals surface area contributed by atoms with Crippen molar-refractivity contribution in [1.82, 2.24) is 15.7 Å². The lowest BCUT2D eigenvalue weighted by atomic mass is 9.88. The number of aromatic nitrogens is 2. The second-order valence-electron chi connectivity index (χ2n) is 5.38. The van der Waals surface area contributed by atoms with Crippen molar-refractivity contribution in [2.75, 3.05) is 14.2 Å². The molecule has 0 fully saturated rings. The highest BCUT2D eigenvalue weighted by molar-refractivity contribution is 5.85. The third-order valence-corrected chi connectivity index (χ3v) is 3.94. The summed E-state index contributed by atoms with van der Waals surface area (Å²) in [4.78, 5) is 16.9. The standard InChI is InChI=1S/C18H19N3O3/c1-19-24-17(22)11-15(12-6-4-3-5-7-12)13-8-9-14-16(10-13)20-21-18(14)23-2/h3-10,15,19H,11H2,1-2H3,(H,20,21)/t15-/m0/s1. The Morgan fingerprint density at radius 3 is 2.71 bits per heavy atom. The van der Waals surface area contributed by atoms with Gasteiger partial charge >= 0.3 is 5.97 Å². The van der Waals surface area contributed by atoms with Gasteiger partial charge < -0.3 is 9.57 Å². The maximum absolute atomic E-state index is 12.0. The minimum atomic E-state index is -0.311. The first-order valence-electron chi connectivity index (χ1n) is 7.66. The number of benzene rings is 2. The van der Waals surface area contributed by atoms with Gasteiger partial charge in [0.05, 0.1) is 24.4 Å². The summed E-state index contributed by atoms with van der Waals surface area (Å²) in [5, 5.41) is 8.00. The normalized spacial score (nSPS) is 12.1. The van der Waals surface area contributed by atoms with E-state index in [1.807, 2.05) is 48.5 Å². The lowest BCUT2D eigenvalue weighted by Crippen LogP contribution is -2.18. The third-order valence-electron chi connectivity index (χ3n) is 3.94. The van der Waals surface area contributed by atoms with Crippen LogP contribution in [0.4, 0.5) is 0 Å². The van der Waals surface area contributed by atoms with E-state index < -0.39 is 0 Å². The summed E-state index contributed by atoms with van der Waals surface area (Å²) in [6.07, 6.45) is 0.238. The van der Waals surface area contributed by atoms with Gasteiger partial charge in [0, 0.05) is 13.0 Å². The monoisotopic (exact) mass is 325 g/mol. The topological polar surface area (TPSA) is 76.2 Å². The summed E-state index contributed by atoms with van der Waals surface area (Å²) >= 11 is 0.